The third kappa shape index (κ3) is 9.85. The summed E-state index contributed by atoms with van der Waals surface area (Å²) in [7, 11) is 0. The number of primary amides is 1. The molecule has 0 radical (unpaired) electrons. The number of amides is 1. The highest BCUT2D eigenvalue weighted by atomic mass is 32.2. The Balaban J connectivity index is 1.55. The molecule has 4 N–H and O–H groups in total. The van der Waals surface area contributed by atoms with Gasteiger partial charge in [0.05, 0.1) is 0 Å². The summed E-state index contributed by atoms with van der Waals surface area (Å²) in [6.07, 6.45) is 9.03. The molecule has 0 aliphatic carbocycles. The maximum absolute atomic E-state index is 12.9. The Bertz CT molecular complexity index is 1280. The maximum atomic E-state index is 12.9. The lowest BCUT2D eigenvalue weighted by atomic mass is 9.93. The van der Waals surface area contributed by atoms with Crippen molar-refractivity contribution < 1.29 is 17.9 Å². The Morgan fingerprint density at radius 2 is 1.76 bits per heavy atom. The van der Waals surface area contributed by atoms with E-state index >= 15 is 0 Å². The van der Waals surface area contributed by atoms with Crippen LogP contribution in [0.4, 0.5) is 0 Å². The van der Waals surface area contributed by atoms with Gasteiger partial charge in [0, 0.05) is 29.6 Å². The highest BCUT2D eigenvalue weighted by Gasteiger charge is 2.23. The van der Waals surface area contributed by atoms with Crippen molar-refractivity contribution in [1.82, 2.24) is 24.5 Å². The van der Waals surface area contributed by atoms with Gasteiger partial charge in [-0.15, -0.1) is 10.2 Å². The number of nitrogens with two attached hydrogens (primary N) is 1. The zero-order valence-electron chi connectivity index (χ0n) is 25.5. The number of hydrogen-bond acceptors (Lipinski definition) is 6. The molecule has 11 heteroatoms. The topological polar surface area (TPSA) is 137 Å². The second-order valence-corrected chi connectivity index (χ2v) is 12.9. The first-order valence-corrected chi connectivity index (χ1v) is 15.9. The average Bonchev–Trinajstić information content (AvgIpc) is 3.51. The minimum atomic E-state index is -1.87. The predicted molar refractivity (Wildman–Crippen MR) is 163 cm³/mol. The van der Waals surface area contributed by atoms with E-state index in [0.717, 1.165) is 42.0 Å². The molecule has 3 atom stereocenters. The number of ether oxygens (including phenoxy) is 1. The molecule has 1 amide bonds. The van der Waals surface area contributed by atoms with Gasteiger partial charge in [-0.1, -0.05) is 85.6 Å². The van der Waals surface area contributed by atoms with Crippen LogP contribution in [0.5, 0.6) is 11.5 Å². The fraction of sp³-hybridized carbons (Fsp3) is 0.633. The van der Waals surface area contributed by atoms with Gasteiger partial charge in [-0.3, -0.25) is 9.89 Å². The van der Waals surface area contributed by atoms with Crippen LogP contribution in [0.25, 0.3) is 5.65 Å². The number of unbranched alkanes of at least 4 members (excludes halogenated alkanes) is 7. The van der Waals surface area contributed by atoms with Gasteiger partial charge < -0.3 is 14.7 Å². The average molecular weight is 589 g/mol. The Morgan fingerprint density at radius 1 is 1.07 bits per heavy atom. The molecule has 1 aromatic carbocycles. The molecule has 0 aliphatic rings. The van der Waals surface area contributed by atoms with Crippen LogP contribution in [-0.4, -0.2) is 42.6 Å². The van der Waals surface area contributed by atoms with Crippen molar-refractivity contribution in [3.8, 4) is 11.5 Å². The fourth-order valence-electron chi connectivity index (χ4n) is 4.55. The molecular formula is C30H48N6O4S. The first-order chi connectivity index (χ1) is 19.5. The van der Waals surface area contributed by atoms with Crippen molar-refractivity contribution in [3.05, 3.63) is 41.3 Å². The minimum absolute atomic E-state index is 0.0518. The van der Waals surface area contributed by atoms with Crippen LogP contribution in [0, 0.1) is 6.92 Å². The normalized spacial score (nSPS) is 14.2. The number of aromatic amines is 1. The quantitative estimate of drug-likeness (QED) is 0.161. The Hall–Kier alpha value is -2.92. The highest BCUT2D eigenvalue weighted by molar-refractivity contribution is 7.78. The number of carbonyl (C=O) groups is 1. The lowest BCUT2D eigenvalue weighted by Gasteiger charge is -2.19. The van der Waals surface area contributed by atoms with Crippen LogP contribution >= 0.6 is 0 Å². The number of nitrogens with one attached hydrogen (secondary N) is 2. The van der Waals surface area contributed by atoms with E-state index < -0.39 is 23.3 Å². The van der Waals surface area contributed by atoms with E-state index in [0.29, 0.717) is 18.7 Å². The summed E-state index contributed by atoms with van der Waals surface area (Å²) in [4.78, 5) is 12.2. The second kappa shape index (κ2) is 15.3. The van der Waals surface area contributed by atoms with Crippen LogP contribution in [-0.2, 0) is 21.5 Å². The van der Waals surface area contributed by atoms with E-state index in [1.54, 1.807) is 12.1 Å². The van der Waals surface area contributed by atoms with Gasteiger partial charge >= 0.3 is 0 Å². The molecule has 0 saturated carbocycles. The van der Waals surface area contributed by atoms with Crippen LogP contribution in [0.3, 0.4) is 0 Å². The molecule has 0 aliphatic heterocycles. The summed E-state index contributed by atoms with van der Waals surface area (Å²) in [5.74, 6) is 0.719. The first-order valence-electron chi connectivity index (χ1n) is 14.8. The monoisotopic (exact) mass is 588 g/mol. The van der Waals surface area contributed by atoms with Crippen molar-refractivity contribution in [3.63, 3.8) is 0 Å². The lowest BCUT2D eigenvalue weighted by Crippen LogP contribution is -2.34. The standard InChI is InChI=1S/C30H48N6O4S/c1-7-8-9-10-11-12-13-14-15-24(28(31)37)39-23-17-16-21(2)18-25(23)40-41(38)32-20-22(3)29-34-33-27-19-26(30(4,5)6)35-36(27)29/h16-19,22,24,32,35H,7-15,20H2,1-6H3,(H2,31,37). The van der Waals surface area contributed by atoms with Crippen LogP contribution in [0.15, 0.2) is 24.3 Å². The highest BCUT2D eigenvalue weighted by Crippen LogP contribution is 2.31. The first kappa shape index (κ1) is 32.6. The van der Waals surface area contributed by atoms with Gasteiger partial charge in [-0.25, -0.2) is 9.24 Å². The summed E-state index contributed by atoms with van der Waals surface area (Å²) in [6.45, 7) is 12.8. The number of aryl methyl sites for hydroxylation is 1. The minimum Gasteiger partial charge on any atom is -0.477 e. The number of benzene rings is 1. The van der Waals surface area contributed by atoms with Crippen molar-refractivity contribution in [1.29, 1.82) is 0 Å². The zero-order chi connectivity index (χ0) is 30.0. The molecule has 3 rings (SSSR count). The van der Waals surface area contributed by atoms with Crippen LogP contribution in [0.1, 0.15) is 115 Å². The molecule has 3 unspecified atom stereocenters. The predicted octanol–water partition coefficient (Wildman–Crippen LogP) is 5.78. The Labute approximate surface area is 246 Å². The molecule has 0 spiro atoms. The summed E-state index contributed by atoms with van der Waals surface area (Å²) in [5.41, 5.74) is 8.31. The fourth-order valence-corrected chi connectivity index (χ4v) is 5.29. The largest absolute Gasteiger partial charge is 0.477 e. The number of nitrogens with zero attached hydrogens (tertiary/aromatic N) is 3. The summed E-state index contributed by atoms with van der Waals surface area (Å²) >= 11 is -1.87. The van der Waals surface area contributed by atoms with Crippen molar-refractivity contribution in [2.24, 2.45) is 5.73 Å². The smallest absolute Gasteiger partial charge is 0.288 e. The Morgan fingerprint density at radius 3 is 2.41 bits per heavy atom. The summed E-state index contributed by atoms with van der Waals surface area (Å²) in [6, 6.07) is 7.31. The number of carbonyl (C=O) groups excluding carboxylic acids is 1. The lowest BCUT2D eigenvalue weighted by molar-refractivity contribution is -0.125. The molecule has 3 aromatic rings. The van der Waals surface area contributed by atoms with E-state index in [-0.39, 0.29) is 17.1 Å². The van der Waals surface area contributed by atoms with Crippen LogP contribution in [0.2, 0.25) is 0 Å². The molecule has 2 aromatic heterocycles. The molecule has 2 heterocycles. The summed E-state index contributed by atoms with van der Waals surface area (Å²) in [5, 5.41) is 11.9. The van der Waals surface area contributed by atoms with Crippen molar-refractivity contribution in [2.45, 2.75) is 117 Å². The molecule has 228 valence electrons. The number of fused-ring (bicyclic) bond motifs is 1. The van der Waals surface area contributed by atoms with Crippen molar-refractivity contribution in [2.75, 3.05) is 6.54 Å². The van der Waals surface area contributed by atoms with Gasteiger partial charge in [-0.2, -0.15) is 4.21 Å². The van der Waals surface area contributed by atoms with E-state index in [1.807, 2.05) is 30.5 Å². The number of H-pyrrole nitrogens is 1. The maximum Gasteiger partial charge on any atom is 0.288 e. The van der Waals surface area contributed by atoms with Crippen molar-refractivity contribution >= 4 is 22.8 Å². The zero-order valence-corrected chi connectivity index (χ0v) is 26.3. The second-order valence-electron chi connectivity index (χ2n) is 12.0. The van der Waals surface area contributed by atoms with E-state index in [2.05, 4.69) is 47.7 Å². The summed E-state index contributed by atoms with van der Waals surface area (Å²) < 4.78 is 29.4. The molecule has 10 nitrogen and oxygen atoms in total. The molecule has 41 heavy (non-hydrogen) atoms. The molecule has 0 fully saturated rings. The van der Waals surface area contributed by atoms with Gasteiger partial charge in [0.15, 0.2) is 29.1 Å². The molecule has 0 bridgehead atoms. The van der Waals surface area contributed by atoms with Gasteiger partial charge in [0.25, 0.3) is 17.2 Å². The van der Waals surface area contributed by atoms with E-state index in [4.69, 9.17) is 14.7 Å². The van der Waals surface area contributed by atoms with E-state index in [1.165, 1.54) is 32.1 Å². The third-order valence-electron chi connectivity index (χ3n) is 7.15. The molecular weight excluding hydrogens is 540 g/mol. The van der Waals surface area contributed by atoms with Crippen LogP contribution < -0.4 is 19.4 Å². The number of hydrogen-bond donors (Lipinski definition) is 3. The van der Waals surface area contributed by atoms with Gasteiger partial charge in [-0.05, 0) is 37.5 Å². The third-order valence-corrected chi connectivity index (χ3v) is 7.88. The van der Waals surface area contributed by atoms with Gasteiger partial charge in [0.2, 0.25) is 0 Å². The van der Waals surface area contributed by atoms with Gasteiger partial charge in [0.1, 0.15) is 0 Å². The number of aromatic nitrogens is 4. The molecule has 0 saturated heterocycles. The number of rotatable bonds is 18. The SMILES string of the molecule is CCCCCCCCCCC(Oc1ccc(C)cc1OS(=O)NCC(C)c1nnc2cc(C(C)(C)C)[nH]n12)C(N)=O. The van der Waals surface area contributed by atoms with E-state index in [9.17, 15) is 9.00 Å². The Kier molecular flexibility index (Phi) is 12.2.